The van der Waals surface area contributed by atoms with E-state index in [1.54, 1.807) is 13.8 Å². The number of rotatable bonds is 7. The molecule has 9 nitrogen and oxygen atoms in total. The highest BCUT2D eigenvalue weighted by Crippen LogP contribution is 2.39. The molecular weight excluding hydrogens is 382 g/mol. The number of nitro groups is 1. The number of hydrogen-bond donors (Lipinski definition) is 1. The first kappa shape index (κ1) is 19.5. The Morgan fingerprint density at radius 1 is 1.19 bits per heavy atom. The fourth-order valence-electron chi connectivity index (χ4n) is 1.96. The maximum atomic E-state index is 12.3. The molecule has 0 aliphatic carbocycles. The molecule has 0 amide bonds. The summed E-state index contributed by atoms with van der Waals surface area (Å²) in [5.74, 6) is -1.48. The van der Waals surface area contributed by atoms with Crippen molar-refractivity contribution in [1.29, 1.82) is 0 Å². The van der Waals surface area contributed by atoms with E-state index in [9.17, 15) is 19.7 Å². The average molecular weight is 397 g/mol. The smallest absolute Gasteiger partial charge is 0.342 e. The number of hydrogen-bond acceptors (Lipinski definition) is 10. The molecule has 2 rings (SSSR count). The summed E-state index contributed by atoms with van der Waals surface area (Å²) < 4.78 is 9.92. The molecule has 0 spiro atoms. The molecule has 0 aliphatic heterocycles. The first-order valence-electron chi connectivity index (χ1n) is 7.43. The summed E-state index contributed by atoms with van der Waals surface area (Å²) in [5.41, 5.74) is 5.71. The van der Waals surface area contributed by atoms with Gasteiger partial charge in [0.2, 0.25) is 0 Å². The lowest BCUT2D eigenvalue weighted by molar-refractivity contribution is -0.380. The van der Waals surface area contributed by atoms with Gasteiger partial charge in [0.1, 0.15) is 21.1 Å². The van der Waals surface area contributed by atoms with E-state index < -0.39 is 16.9 Å². The summed E-state index contributed by atoms with van der Waals surface area (Å²) >= 11 is 1.86. The van der Waals surface area contributed by atoms with Crippen LogP contribution < -0.4 is 5.73 Å². The van der Waals surface area contributed by atoms with Crippen molar-refractivity contribution < 1.29 is 24.0 Å². The van der Waals surface area contributed by atoms with Crippen LogP contribution in [0.25, 0.3) is 0 Å². The monoisotopic (exact) mass is 397 g/mol. The molecule has 138 valence electrons. The molecule has 0 aliphatic rings. The number of ether oxygens (including phenoxy) is 2. The molecule has 0 bridgehead atoms. The van der Waals surface area contributed by atoms with Gasteiger partial charge in [0.05, 0.1) is 23.0 Å². The van der Waals surface area contributed by atoms with E-state index in [0.717, 1.165) is 22.7 Å². The molecule has 11 heteroatoms. The minimum atomic E-state index is -0.743. The van der Waals surface area contributed by atoms with Gasteiger partial charge >= 0.3 is 16.9 Å². The first-order chi connectivity index (χ1) is 12.4. The number of nitrogens with zero attached hydrogens (tertiary/aromatic N) is 2. The first-order valence-corrected chi connectivity index (χ1v) is 9.07. The van der Waals surface area contributed by atoms with Crippen molar-refractivity contribution in [2.75, 3.05) is 18.9 Å². The van der Waals surface area contributed by atoms with Gasteiger partial charge in [-0.3, -0.25) is 10.1 Å². The zero-order valence-electron chi connectivity index (χ0n) is 13.9. The van der Waals surface area contributed by atoms with Gasteiger partial charge in [-0.15, -0.1) is 0 Å². The summed E-state index contributed by atoms with van der Waals surface area (Å²) in [4.78, 5) is 39.3. The van der Waals surface area contributed by atoms with Gasteiger partial charge in [0.15, 0.2) is 0 Å². The van der Waals surface area contributed by atoms with Crippen molar-refractivity contribution in [1.82, 2.24) is 0 Å². The Morgan fingerprint density at radius 2 is 1.81 bits per heavy atom. The molecule has 0 aromatic carbocycles. The van der Waals surface area contributed by atoms with Crippen molar-refractivity contribution in [2.24, 2.45) is 4.99 Å². The van der Waals surface area contributed by atoms with Gasteiger partial charge in [-0.1, -0.05) is 22.7 Å². The second-order valence-electron chi connectivity index (χ2n) is 4.65. The summed E-state index contributed by atoms with van der Waals surface area (Å²) in [5, 5.41) is 10.9. The molecule has 2 heterocycles. The standard InChI is InChI=1S/C15H15N3O6S2/c1-3-23-14(19)10-11(15(20)24-4-2)13(26-12(10)16)17-7-8-5-6-9(25-8)18(21)22/h5-7H,3-4,16H2,1-2H3. The second-order valence-corrected chi connectivity index (χ2v) is 6.78. The molecule has 0 atom stereocenters. The van der Waals surface area contributed by atoms with Crippen molar-refractivity contribution in [3.05, 3.63) is 38.3 Å². The topological polar surface area (TPSA) is 134 Å². The van der Waals surface area contributed by atoms with Crippen LogP contribution in [0.1, 0.15) is 39.4 Å². The van der Waals surface area contributed by atoms with Crippen molar-refractivity contribution in [2.45, 2.75) is 13.8 Å². The Kier molecular flexibility index (Phi) is 6.41. The maximum absolute atomic E-state index is 12.3. The largest absolute Gasteiger partial charge is 0.462 e. The highest BCUT2D eigenvalue weighted by Gasteiger charge is 2.29. The summed E-state index contributed by atoms with van der Waals surface area (Å²) in [6.07, 6.45) is 1.36. The number of nitrogen functional groups attached to an aromatic ring is 1. The summed E-state index contributed by atoms with van der Waals surface area (Å²) in [7, 11) is 0. The van der Waals surface area contributed by atoms with Gasteiger partial charge in [0.25, 0.3) is 0 Å². The van der Waals surface area contributed by atoms with Crippen molar-refractivity contribution >= 4 is 55.8 Å². The van der Waals surface area contributed by atoms with Crippen LogP contribution in [0, 0.1) is 10.1 Å². The van der Waals surface area contributed by atoms with Crippen LogP contribution in [0.5, 0.6) is 0 Å². The van der Waals surface area contributed by atoms with Crippen LogP contribution in [0.15, 0.2) is 17.1 Å². The van der Waals surface area contributed by atoms with Gasteiger partial charge < -0.3 is 15.2 Å². The third-order valence-electron chi connectivity index (χ3n) is 2.98. The lowest BCUT2D eigenvalue weighted by Gasteiger charge is -2.05. The summed E-state index contributed by atoms with van der Waals surface area (Å²) in [6.45, 7) is 3.49. The number of nitrogens with two attached hydrogens (primary N) is 1. The van der Waals surface area contributed by atoms with Crippen LogP contribution in [0.2, 0.25) is 0 Å². The van der Waals surface area contributed by atoms with E-state index in [1.165, 1.54) is 18.3 Å². The van der Waals surface area contributed by atoms with E-state index in [2.05, 4.69) is 4.99 Å². The SMILES string of the molecule is CCOC(=O)c1c(N)sc(N=Cc2ccc([N+](=O)[O-])s2)c1C(=O)OCC. The number of aliphatic imine (C=N–C) groups is 1. The van der Waals surface area contributed by atoms with Crippen LogP contribution in [-0.2, 0) is 9.47 Å². The fraction of sp³-hybridized carbons (Fsp3) is 0.267. The predicted molar refractivity (Wildman–Crippen MR) is 98.9 cm³/mol. The number of carbonyl (C=O) groups is 2. The lowest BCUT2D eigenvalue weighted by Crippen LogP contribution is -2.13. The van der Waals surface area contributed by atoms with E-state index in [1.807, 2.05) is 0 Å². The Labute approximate surface area is 156 Å². The van der Waals surface area contributed by atoms with Gasteiger partial charge in [-0.05, 0) is 19.9 Å². The summed E-state index contributed by atoms with van der Waals surface area (Å²) in [6, 6.07) is 2.88. The minimum absolute atomic E-state index is 0.0324. The zero-order valence-corrected chi connectivity index (χ0v) is 15.5. The molecule has 0 saturated carbocycles. The number of carbonyl (C=O) groups excluding carboxylic acids is 2. The van der Waals surface area contributed by atoms with Crippen LogP contribution in [0.4, 0.5) is 15.0 Å². The number of esters is 2. The molecule has 2 aromatic heterocycles. The molecule has 2 aromatic rings. The van der Waals surface area contributed by atoms with E-state index in [0.29, 0.717) is 4.88 Å². The number of thiophene rings is 2. The Bertz CT molecular complexity index is 871. The molecule has 26 heavy (non-hydrogen) atoms. The van der Waals surface area contributed by atoms with Gasteiger partial charge in [-0.2, -0.15) is 0 Å². The van der Waals surface area contributed by atoms with Crippen molar-refractivity contribution in [3.8, 4) is 0 Å². The Morgan fingerprint density at radius 3 is 2.35 bits per heavy atom. The van der Waals surface area contributed by atoms with Crippen LogP contribution in [-0.4, -0.2) is 36.3 Å². The Balaban J connectivity index is 2.44. The van der Waals surface area contributed by atoms with E-state index >= 15 is 0 Å². The zero-order chi connectivity index (χ0) is 19.3. The third kappa shape index (κ3) is 4.24. The van der Waals surface area contributed by atoms with Crippen molar-refractivity contribution in [3.63, 3.8) is 0 Å². The fourth-order valence-corrected chi connectivity index (χ4v) is 3.54. The minimum Gasteiger partial charge on any atom is -0.462 e. The molecular formula is C15H15N3O6S2. The van der Waals surface area contributed by atoms with Crippen LogP contribution in [0.3, 0.4) is 0 Å². The van der Waals surface area contributed by atoms with Gasteiger partial charge in [-0.25, -0.2) is 14.6 Å². The quantitative estimate of drug-likeness (QED) is 0.327. The highest BCUT2D eigenvalue weighted by atomic mass is 32.1. The lowest BCUT2D eigenvalue weighted by atomic mass is 10.1. The third-order valence-corrected chi connectivity index (χ3v) is 4.88. The molecule has 0 saturated heterocycles. The maximum Gasteiger partial charge on any atom is 0.342 e. The molecule has 0 radical (unpaired) electrons. The van der Waals surface area contributed by atoms with E-state index in [-0.39, 0.29) is 39.3 Å². The number of anilines is 1. The molecule has 0 unspecified atom stereocenters. The predicted octanol–water partition coefficient (Wildman–Crippen LogP) is 3.40. The average Bonchev–Trinajstić information content (AvgIpc) is 3.17. The molecule has 0 fully saturated rings. The second kappa shape index (κ2) is 8.54. The molecule has 2 N–H and O–H groups in total. The van der Waals surface area contributed by atoms with Gasteiger partial charge in [0, 0.05) is 12.3 Å². The van der Waals surface area contributed by atoms with Crippen LogP contribution >= 0.6 is 22.7 Å². The normalized spacial score (nSPS) is 10.8. The van der Waals surface area contributed by atoms with E-state index in [4.69, 9.17) is 15.2 Å². The Hall–Kier alpha value is -2.79. The highest BCUT2D eigenvalue weighted by molar-refractivity contribution is 7.20.